The molecule has 0 atom stereocenters. The largest absolute Gasteiger partial charge is 0.507 e. The van der Waals surface area contributed by atoms with Crippen LogP contribution in [0.25, 0.3) is 32.9 Å². The molecule has 15 nitrogen and oxygen atoms in total. The number of methoxy groups -OCH3 is 1. The zero-order valence-corrected chi connectivity index (χ0v) is 38.4. The summed E-state index contributed by atoms with van der Waals surface area (Å²) >= 11 is 0. The lowest BCUT2D eigenvalue weighted by Gasteiger charge is -2.10. The van der Waals surface area contributed by atoms with Crippen LogP contribution in [0.4, 0.5) is 0 Å². The van der Waals surface area contributed by atoms with Crippen molar-refractivity contribution in [2.24, 2.45) is 0 Å². The van der Waals surface area contributed by atoms with E-state index in [1.165, 1.54) is 19.2 Å². The van der Waals surface area contributed by atoms with Crippen molar-refractivity contribution in [1.29, 1.82) is 0 Å². The summed E-state index contributed by atoms with van der Waals surface area (Å²) in [5, 5.41) is 41.6. The van der Waals surface area contributed by atoms with Crippen LogP contribution in [0.1, 0.15) is 84.2 Å². The number of carboxylic acids is 1. The third kappa shape index (κ3) is 11.7. The van der Waals surface area contributed by atoms with Gasteiger partial charge < -0.3 is 43.2 Å². The minimum absolute atomic E-state index is 0.0814. The molecule has 71 heavy (non-hydrogen) atoms. The Balaban J connectivity index is 0.000000157. The first kappa shape index (κ1) is 49.7. The lowest BCUT2D eigenvalue weighted by molar-refractivity contribution is 0.0497. The Labute approximate surface area is 404 Å². The highest BCUT2D eigenvalue weighted by Gasteiger charge is 2.20. The first-order valence-electron chi connectivity index (χ1n) is 22.2. The second-order valence-corrected chi connectivity index (χ2v) is 16.0. The maximum Gasteiger partial charge on any atom is 0.343 e. The summed E-state index contributed by atoms with van der Waals surface area (Å²) in [6, 6.07) is 40.1. The third-order valence-electron chi connectivity index (χ3n) is 11.3. The van der Waals surface area contributed by atoms with Gasteiger partial charge in [0, 0.05) is 19.3 Å². The first-order chi connectivity index (χ1) is 34.3. The molecule has 0 unspecified atom stereocenters. The van der Waals surface area contributed by atoms with Crippen molar-refractivity contribution in [2.75, 3.05) is 13.7 Å². The number of esters is 2. The molecule has 4 N–H and O–H groups in total. The zero-order valence-electron chi connectivity index (χ0n) is 38.4. The molecule has 9 aromatic rings. The van der Waals surface area contributed by atoms with Gasteiger partial charge in [-0.15, -0.1) is 0 Å². The van der Waals surface area contributed by atoms with Crippen LogP contribution in [0.5, 0.6) is 17.2 Å². The van der Waals surface area contributed by atoms with Gasteiger partial charge in [0.2, 0.25) is 0 Å². The maximum absolute atomic E-state index is 12.3. The van der Waals surface area contributed by atoms with E-state index in [1.54, 1.807) is 133 Å². The summed E-state index contributed by atoms with van der Waals surface area (Å²) in [5.41, 5.74) is 2.34. The Bertz CT molecular complexity index is 3600. The molecule has 0 radical (unpaired) electrons. The molecule has 15 heteroatoms. The Morgan fingerprint density at radius 2 is 0.930 bits per heavy atom. The van der Waals surface area contributed by atoms with Gasteiger partial charge in [-0.05, 0) is 89.8 Å². The Hall–Kier alpha value is -9.24. The highest BCUT2D eigenvalue weighted by molar-refractivity contribution is 5.92. The van der Waals surface area contributed by atoms with Crippen molar-refractivity contribution < 1.29 is 57.5 Å². The zero-order chi connectivity index (χ0) is 50.6. The van der Waals surface area contributed by atoms with E-state index in [0.29, 0.717) is 67.3 Å². The van der Waals surface area contributed by atoms with E-state index in [1.807, 2.05) is 6.92 Å². The highest BCUT2D eigenvalue weighted by Crippen LogP contribution is 2.31. The van der Waals surface area contributed by atoms with Gasteiger partial charge in [0.1, 0.15) is 34.0 Å². The number of fused-ring (bicyclic) bond motifs is 3. The lowest BCUT2D eigenvalue weighted by Crippen LogP contribution is -2.13. The number of benzene rings is 6. The van der Waals surface area contributed by atoms with Crippen LogP contribution in [-0.4, -0.2) is 52.1 Å². The topological polar surface area (TPSA) is 241 Å². The predicted octanol–water partition coefficient (Wildman–Crippen LogP) is 9.71. The van der Waals surface area contributed by atoms with Crippen LogP contribution >= 0.6 is 0 Å². The van der Waals surface area contributed by atoms with Gasteiger partial charge in [0.05, 0.1) is 63.3 Å². The molecule has 0 aliphatic carbocycles. The summed E-state index contributed by atoms with van der Waals surface area (Å²) in [5.74, 6) is -2.28. The standard InChI is InChI=1S/C21H20O5.C18H14O5.C17H12O5/c1-2-3-12-25-20(23)15-9-5-4-8-14(15)13-17-19(22)16-10-6-7-11-18(16)26-21(17)24;1-22-17(20)12-6-4-5-11(9-12)10-14-16(19)13-7-2-3-8-15(13)23-18(14)21;18-15-12-6-1-2-7-14(12)22-17(21)13(15)9-10-4-3-5-11(8-10)16(19)20/h4-11,22H,2-3,12-13H2,1H3;2-9,19H,10H2,1H3;1-8,18H,9H2,(H,19,20). The molecule has 6 aromatic carbocycles. The van der Waals surface area contributed by atoms with Crippen molar-refractivity contribution >= 4 is 50.8 Å². The number of hydrogen-bond donors (Lipinski definition) is 4. The molecule has 0 aliphatic rings. The molecule has 360 valence electrons. The number of hydrogen-bond acceptors (Lipinski definition) is 14. The van der Waals surface area contributed by atoms with Gasteiger partial charge in [-0.3, -0.25) is 0 Å². The van der Waals surface area contributed by atoms with Gasteiger partial charge in [-0.2, -0.15) is 0 Å². The number of carbonyl (C=O) groups excluding carboxylic acids is 2. The number of aromatic hydroxyl groups is 3. The van der Waals surface area contributed by atoms with Crippen LogP contribution in [0.2, 0.25) is 0 Å². The summed E-state index contributed by atoms with van der Waals surface area (Å²) in [6.45, 7) is 2.37. The lowest BCUT2D eigenvalue weighted by atomic mass is 9.99. The summed E-state index contributed by atoms with van der Waals surface area (Å²) in [6.07, 6.45) is 2.06. The molecule has 0 bridgehead atoms. The van der Waals surface area contributed by atoms with Gasteiger partial charge in [0.25, 0.3) is 0 Å². The number of aromatic carboxylic acids is 1. The average molecular weight is 959 g/mol. The minimum Gasteiger partial charge on any atom is -0.507 e. The fourth-order valence-electron chi connectivity index (χ4n) is 7.58. The molecule has 0 spiro atoms. The quantitative estimate of drug-likeness (QED) is 0.0506. The van der Waals surface area contributed by atoms with Crippen LogP contribution in [0.15, 0.2) is 173 Å². The van der Waals surface area contributed by atoms with E-state index >= 15 is 0 Å². The van der Waals surface area contributed by atoms with E-state index in [0.717, 1.165) is 12.8 Å². The van der Waals surface area contributed by atoms with Crippen LogP contribution in [0, 0.1) is 0 Å². The molecule has 0 fully saturated rings. The molecule has 0 saturated heterocycles. The van der Waals surface area contributed by atoms with E-state index < -0.39 is 34.8 Å². The number of ether oxygens (including phenoxy) is 2. The second kappa shape index (κ2) is 22.7. The molecule has 0 saturated carbocycles. The van der Waals surface area contributed by atoms with E-state index in [2.05, 4.69) is 4.74 Å². The van der Waals surface area contributed by atoms with Crippen LogP contribution in [0.3, 0.4) is 0 Å². The molecule has 3 heterocycles. The van der Waals surface area contributed by atoms with Gasteiger partial charge >= 0.3 is 34.8 Å². The SMILES string of the molecule is CCCCOC(=O)c1ccccc1Cc1c(O)c2ccccc2oc1=O.COC(=O)c1cccc(Cc2c(O)c3ccccc3oc2=O)c1.O=C(O)c1cccc(Cc2c(O)c3ccccc3oc2=O)c1. The molecule has 3 aromatic heterocycles. The van der Waals surface area contributed by atoms with Gasteiger partial charge in [-0.25, -0.2) is 28.8 Å². The number of unbranched alkanes of at least 4 members (excludes halogenated alkanes) is 1. The maximum atomic E-state index is 12.3. The Morgan fingerprint density at radius 3 is 1.39 bits per heavy atom. The third-order valence-corrected chi connectivity index (χ3v) is 11.3. The van der Waals surface area contributed by atoms with E-state index in [9.17, 15) is 44.1 Å². The molecule has 0 amide bonds. The normalized spacial score (nSPS) is 10.7. The Kier molecular flexibility index (Phi) is 15.9. The fraction of sp³-hybridized carbons (Fsp3) is 0.143. The summed E-state index contributed by atoms with van der Waals surface area (Å²) in [7, 11) is 1.30. The molecular formula is C56H46O15. The number of rotatable bonds is 12. The Morgan fingerprint density at radius 1 is 0.507 bits per heavy atom. The van der Waals surface area contributed by atoms with Gasteiger partial charge in [-0.1, -0.05) is 92.2 Å². The van der Waals surface area contributed by atoms with Crippen molar-refractivity contribution in [3.8, 4) is 17.2 Å². The van der Waals surface area contributed by atoms with Gasteiger partial charge in [0.15, 0.2) is 0 Å². The molecule has 0 aliphatic heterocycles. The molecule has 9 rings (SSSR count). The summed E-state index contributed by atoms with van der Waals surface area (Å²) in [4.78, 5) is 71.3. The monoisotopic (exact) mass is 958 g/mol. The number of carbonyl (C=O) groups is 3. The first-order valence-corrected chi connectivity index (χ1v) is 22.2. The second-order valence-electron chi connectivity index (χ2n) is 16.0. The van der Waals surface area contributed by atoms with Crippen molar-refractivity contribution in [3.05, 3.63) is 227 Å². The smallest absolute Gasteiger partial charge is 0.343 e. The molecular weight excluding hydrogens is 913 g/mol. The van der Waals surface area contributed by atoms with Crippen molar-refractivity contribution in [3.63, 3.8) is 0 Å². The fourth-order valence-corrected chi connectivity index (χ4v) is 7.58. The van der Waals surface area contributed by atoms with Crippen LogP contribution < -0.4 is 16.9 Å². The van der Waals surface area contributed by atoms with Crippen molar-refractivity contribution in [1.82, 2.24) is 0 Å². The minimum atomic E-state index is -1.04. The predicted molar refractivity (Wildman–Crippen MR) is 264 cm³/mol. The highest BCUT2D eigenvalue weighted by atomic mass is 16.5. The van der Waals surface area contributed by atoms with Crippen molar-refractivity contribution in [2.45, 2.75) is 39.0 Å². The summed E-state index contributed by atoms with van der Waals surface area (Å²) < 4.78 is 25.7. The average Bonchev–Trinajstić information content (AvgIpc) is 3.38. The van der Waals surface area contributed by atoms with E-state index in [-0.39, 0.29) is 58.8 Å². The number of carboxylic acid groups (broad SMARTS) is 1. The van der Waals surface area contributed by atoms with E-state index in [4.69, 9.17) is 23.1 Å². The van der Waals surface area contributed by atoms with Crippen LogP contribution in [-0.2, 0) is 28.7 Å². The number of para-hydroxylation sites is 3.